The van der Waals surface area contributed by atoms with Crippen LogP contribution in [0.25, 0.3) is 0 Å². The van der Waals surface area contributed by atoms with Crippen LogP contribution in [0.2, 0.25) is 5.02 Å². The van der Waals surface area contributed by atoms with Crippen LogP contribution >= 0.6 is 11.6 Å². The second-order valence-electron chi connectivity index (χ2n) is 7.48. The van der Waals surface area contributed by atoms with E-state index in [4.69, 9.17) is 16.4 Å². The van der Waals surface area contributed by atoms with E-state index in [1.54, 1.807) is 0 Å². The Balaban J connectivity index is 1.53. The van der Waals surface area contributed by atoms with Crippen molar-refractivity contribution in [1.29, 1.82) is 0 Å². The van der Waals surface area contributed by atoms with E-state index in [0.29, 0.717) is 5.92 Å². The molecule has 4 heterocycles. The topological polar surface area (TPSA) is 28.1 Å². The van der Waals surface area contributed by atoms with E-state index >= 15 is 0 Å². The Morgan fingerprint density at radius 2 is 1.77 bits per heavy atom. The van der Waals surface area contributed by atoms with Crippen molar-refractivity contribution in [1.82, 2.24) is 9.80 Å². The number of hydrogen-bond donors (Lipinski definition) is 0. The molecule has 0 amide bonds. The molecule has 26 heavy (non-hydrogen) atoms. The summed E-state index contributed by atoms with van der Waals surface area (Å²) in [5.41, 5.74) is 1.98. The van der Waals surface area contributed by atoms with Crippen LogP contribution in [0.3, 0.4) is 0 Å². The van der Waals surface area contributed by atoms with Gasteiger partial charge in [-0.2, -0.15) is 0 Å². The molecular formula is C21H22ClN3O. The number of halogens is 1. The van der Waals surface area contributed by atoms with E-state index in [1.165, 1.54) is 31.5 Å². The fourth-order valence-corrected chi connectivity index (χ4v) is 4.71. The number of rotatable bonds is 3. The van der Waals surface area contributed by atoms with Crippen LogP contribution in [0.15, 0.2) is 59.8 Å². The highest BCUT2D eigenvalue weighted by atomic mass is 35.5. The first kappa shape index (κ1) is 16.2. The Kier molecular flexibility index (Phi) is 3.91. The van der Waals surface area contributed by atoms with Crippen molar-refractivity contribution < 1.29 is 4.84 Å². The van der Waals surface area contributed by atoms with Crippen LogP contribution in [-0.2, 0) is 11.4 Å². The van der Waals surface area contributed by atoms with Crippen molar-refractivity contribution in [3.8, 4) is 0 Å². The van der Waals surface area contributed by atoms with Crippen molar-refractivity contribution in [3.05, 3.63) is 70.7 Å². The summed E-state index contributed by atoms with van der Waals surface area (Å²) in [7, 11) is 0. The van der Waals surface area contributed by atoms with E-state index in [9.17, 15) is 0 Å². The molecule has 4 nitrogen and oxygen atoms in total. The Morgan fingerprint density at radius 1 is 1.04 bits per heavy atom. The molecule has 3 fully saturated rings. The predicted molar refractivity (Wildman–Crippen MR) is 103 cm³/mol. The SMILES string of the molecule is Clc1ccc(C2=NO[C@]3(CN4CCC3CC4)N2Cc2ccccc2)cc1. The number of amidine groups is 1. The van der Waals surface area contributed by atoms with Gasteiger partial charge >= 0.3 is 0 Å². The van der Waals surface area contributed by atoms with Crippen molar-refractivity contribution in [2.75, 3.05) is 19.6 Å². The van der Waals surface area contributed by atoms with E-state index in [-0.39, 0.29) is 5.72 Å². The van der Waals surface area contributed by atoms with Crippen molar-refractivity contribution in [2.24, 2.45) is 11.1 Å². The van der Waals surface area contributed by atoms with Crippen molar-refractivity contribution in [2.45, 2.75) is 25.1 Å². The lowest BCUT2D eigenvalue weighted by Crippen LogP contribution is -2.66. The molecule has 2 bridgehead atoms. The van der Waals surface area contributed by atoms with Gasteiger partial charge in [0.25, 0.3) is 0 Å². The minimum Gasteiger partial charge on any atom is -0.363 e. The lowest BCUT2D eigenvalue weighted by atomic mass is 9.79. The molecule has 0 aliphatic carbocycles. The lowest BCUT2D eigenvalue weighted by molar-refractivity contribution is -0.198. The zero-order valence-electron chi connectivity index (χ0n) is 14.6. The summed E-state index contributed by atoms with van der Waals surface area (Å²) in [6, 6.07) is 18.5. The van der Waals surface area contributed by atoms with E-state index in [2.05, 4.69) is 45.3 Å². The third-order valence-corrected chi connectivity index (χ3v) is 6.22. The monoisotopic (exact) mass is 367 g/mol. The van der Waals surface area contributed by atoms with Crippen LogP contribution < -0.4 is 0 Å². The summed E-state index contributed by atoms with van der Waals surface area (Å²) in [5.74, 6) is 1.43. The molecule has 0 unspecified atom stereocenters. The molecule has 0 aromatic heterocycles. The second kappa shape index (κ2) is 6.29. The van der Waals surface area contributed by atoms with Gasteiger partial charge in [-0.05, 0) is 55.8 Å². The van der Waals surface area contributed by atoms with Gasteiger partial charge in [-0.25, -0.2) is 0 Å². The molecule has 5 heteroatoms. The maximum absolute atomic E-state index is 6.24. The van der Waals surface area contributed by atoms with E-state index in [1.807, 2.05) is 24.3 Å². The van der Waals surface area contributed by atoms with E-state index in [0.717, 1.165) is 29.5 Å². The number of benzene rings is 2. The summed E-state index contributed by atoms with van der Waals surface area (Å²) < 4.78 is 0. The van der Waals surface area contributed by atoms with Crippen LogP contribution in [0.5, 0.6) is 0 Å². The number of nitrogens with zero attached hydrogens (tertiary/aromatic N) is 3. The molecule has 0 radical (unpaired) electrons. The second-order valence-corrected chi connectivity index (χ2v) is 7.92. The van der Waals surface area contributed by atoms with Gasteiger partial charge in [-0.15, -0.1) is 0 Å². The molecule has 4 aliphatic rings. The molecule has 1 atom stereocenters. The summed E-state index contributed by atoms with van der Waals surface area (Å²) in [5, 5.41) is 5.32. The molecule has 2 aromatic carbocycles. The Bertz CT molecular complexity index is 815. The van der Waals surface area contributed by atoms with Gasteiger partial charge in [0, 0.05) is 23.0 Å². The maximum atomic E-state index is 6.24. The standard InChI is InChI=1S/C21H22ClN3O/c22-19-8-6-17(7-9-19)20-23-26-21(15-24-12-10-18(21)11-13-24)25(20)14-16-4-2-1-3-5-16/h1-9,18H,10-15H2/t21-/m0/s1. The largest absolute Gasteiger partial charge is 0.363 e. The van der Waals surface area contributed by atoms with Crippen LogP contribution in [-0.4, -0.2) is 41.0 Å². The molecular weight excluding hydrogens is 346 g/mol. The van der Waals surface area contributed by atoms with Gasteiger partial charge in [0.05, 0.1) is 6.54 Å². The minimum atomic E-state index is -0.346. The zero-order chi connectivity index (χ0) is 17.6. The minimum absolute atomic E-state index is 0.346. The zero-order valence-corrected chi connectivity index (χ0v) is 15.4. The van der Waals surface area contributed by atoms with Gasteiger partial charge in [0.1, 0.15) is 0 Å². The summed E-state index contributed by atoms with van der Waals surface area (Å²) in [4.78, 5) is 11.1. The molecule has 0 saturated carbocycles. The Morgan fingerprint density at radius 3 is 2.42 bits per heavy atom. The van der Waals surface area contributed by atoms with Gasteiger partial charge < -0.3 is 9.74 Å². The summed E-state index contributed by atoms with van der Waals surface area (Å²) in [6.45, 7) is 4.06. The van der Waals surface area contributed by atoms with Crippen molar-refractivity contribution in [3.63, 3.8) is 0 Å². The van der Waals surface area contributed by atoms with Crippen LogP contribution in [0.4, 0.5) is 0 Å². The highest BCUT2D eigenvalue weighted by Gasteiger charge is 2.57. The smallest absolute Gasteiger partial charge is 0.227 e. The van der Waals surface area contributed by atoms with Crippen LogP contribution in [0, 0.1) is 5.92 Å². The number of oxime groups is 1. The third kappa shape index (κ3) is 2.60. The fourth-order valence-electron chi connectivity index (χ4n) is 4.58. The molecule has 2 aromatic rings. The predicted octanol–water partition coefficient (Wildman–Crippen LogP) is 3.96. The third-order valence-electron chi connectivity index (χ3n) is 5.96. The first-order chi connectivity index (χ1) is 12.7. The number of hydrogen-bond acceptors (Lipinski definition) is 4. The van der Waals surface area contributed by atoms with Crippen molar-refractivity contribution >= 4 is 17.4 Å². The van der Waals surface area contributed by atoms with Crippen LogP contribution in [0.1, 0.15) is 24.0 Å². The molecule has 134 valence electrons. The molecule has 4 aliphatic heterocycles. The first-order valence-corrected chi connectivity index (χ1v) is 9.68. The summed E-state index contributed by atoms with van der Waals surface area (Å²) in [6.07, 6.45) is 2.35. The normalized spacial score (nSPS) is 29.7. The Labute approximate surface area is 159 Å². The lowest BCUT2D eigenvalue weighted by Gasteiger charge is -2.53. The first-order valence-electron chi connectivity index (χ1n) is 9.31. The summed E-state index contributed by atoms with van der Waals surface area (Å²) >= 11 is 6.09. The highest BCUT2D eigenvalue weighted by molar-refractivity contribution is 6.30. The maximum Gasteiger partial charge on any atom is 0.227 e. The van der Waals surface area contributed by atoms with E-state index < -0.39 is 0 Å². The molecule has 1 spiro atoms. The molecule has 6 rings (SSSR count). The average molecular weight is 368 g/mol. The highest BCUT2D eigenvalue weighted by Crippen LogP contribution is 2.45. The van der Waals surface area contributed by atoms with Gasteiger partial charge in [-0.3, -0.25) is 4.90 Å². The quantitative estimate of drug-likeness (QED) is 0.822. The fraction of sp³-hybridized carbons (Fsp3) is 0.381. The number of piperidine rings is 3. The Hall–Kier alpha value is -2.04. The van der Waals surface area contributed by atoms with Gasteiger partial charge in [0.15, 0.2) is 5.84 Å². The molecule has 3 saturated heterocycles. The van der Waals surface area contributed by atoms with Gasteiger partial charge in [-0.1, -0.05) is 47.1 Å². The van der Waals surface area contributed by atoms with Gasteiger partial charge in [0.2, 0.25) is 5.72 Å². The average Bonchev–Trinajstić information content (AvgIpc) is 3.02. The molecule has 0 N–H and O–H groups in total. The number of fused-ring (bicyclic) bond motifs is 2.